The van der Waals surface area contributed by atoms with Crippen LogP contribution in [0.1, 0.15) is 11.4 Å². The lowest BCUT2D eigenvalue weighted by Gasteiger charge is -2.09. The average Bonchev–Trinajstić information content (AvgIpc) is 3.22. The summed E-state index contributed by atoms with van der Waals surface area (Å²) in [5.41, 5.74) is -0.719. The van der Waals surface area contributed by atoms with Gasteiger partial charge in [-0.05, 0) is 42.5 Å². The van der Waals surface area contributed by atoms with Crippen molar-refractivity contribution in [1.82, 2.24) is 20.0 Å². The van der Waals surface area contributed by atoms with Crippen LogP contribution < -0.4 is 15.6 Å². The molecule has 31 heavy (non-hydrogen) atoms. The van der Waals surface area contributed by atoms with E-state index < -0.39 is 17.4 Å². The summed E-state index contributed by atoms with van der Waals surface area (Å²) in [6.45, 7) is 0.0932. The number of aromatic amines is 1. The first-order chi connectivity index (χ1) is 14.9. The third-order valence-electron chi connectivity index (χ3n) is 4.24. The molecule has 0 bridgehead atoms. The van der Waals surface area contributed by atoms with Crippen LogP contribution in [-0.2, 0) is 12.7 Å². The van der Waals surface area contributed by atoms with Crippen molar-refractivity contribution >= 4 is 5.69 Å². The minimum atomic E-state index is -4.64. The number of nitrogens with one attached hydrogen (secondary N) is 2. The maximum atomic E-state index is 12.8. The molecule has 0 aliphatic heterocycles. The van der Waals surface area contributed by atoms with E-state index in [0.29, 0.717) is 11.4 Å². The van der Waals surface area contributed by atoms with Crippen LogP contribution in [0.4, 0.5) is 18.9 Å². The highest BCUT2D eigenvalue weighted by Gasteiger charge is 2.32. The van der Waals surface area contributed by atoms with Crippen molar-refractivity contribution in [3.63, 3.8) is 0 Å². The van der Waals surface area contributed by atoms with Crippen molar-refractivity contribution in [2.75, 3.05) is 5.32 Å². The number of ether oxygens (including phenoxy) is 1. The number of anilines is 1. The third kappa shape index (κ3) is 5.10. The van der Waals surface area contributed by atoms with E-state index in [-0.39, 0.29) is 12.2 Å². The van der Waals surface area contributed by atoms with Gasteiger partial charge in [-0.2, -0.15) is 13.2 Å². The van der Waals surface area contributed by atoms with Gasteiger partial charge in [0.1, 0.15) is 22.9 Å². The van der Waals surface area contributed by atoms with Crippen molar-refractivity contribution in [2.24, 2.45) is 0 Å². The van der Waals surface area contributed by atoms with E-state index in [1.807, 2.05) is 30.3 Å². The topological polar surface area (TPSA) is 84.8 Å². The zero-order valence-corrected chi connectivity index (χ0v) is 15.9. The molecule has 2 heterocycles. The van der Waals surface area contributed by atoms with Crippen molar-refractivity contribution in [1.29, 1.82) is 0 Å². The number of halogens is 3. The highest BCUT2D eigenvalue weighted by molar-refractivity contribution is 5.44. The second-order valence-electron chi connectivity index (χ2n) is 6.56. The fourth-order valence-electron chi connectivity index (χ4n) is 2.79. The average molecular weight is 427 g/mol. The fourth-order valence-corrected chi connectivity index (χ4v) is 2.79. The molecule has 2 N–H and O–H groups in total. The van der Waals surface area contributed by atoms with Gasteiger partial charge in [-0.1, -0.05) is 23.4 Å². The Morgan fingerprint density at radius 3 is 2.42 bits per heavy atom. The van der Waals surface area contributed by atoms with Crippen LogP contribution in [0.25, 0.3) is 5.69 Å². The Morgan fingerprint density at radius 2 is 1.71 bits per heavy atom. The second-order valence-corrected chi connectivity index (χ2v) is 6.56. The van der Waals surface area contributed by atoms with Crippen LogP contribution in [0.15, 0.2) is 77.7 Å². The quantitative estimate of drug-likeness (QED) is 0.477. The molecule has 2 aromatic heterocycles. The fraction of sp³-hybridized carbons (Fsp3) is 0.0952. The predicted molar refractivity (Wildman–Crippen MR) is 107 cm³/mol. The Labute approximate surface area is 174 Å². The Bertz CT molecular complexity index is 1220. The number of pyridine rings is 1. The van der Waals surface area contributed by atoms with Crippen LogP contribution in [-0.4, -0.2) is 20.0 Å². The van der Waals surface area contributed by atoms with Gasteiger partial charge < -0.3 is 15.0 Å². The number of aromatic nitrogens is 4. The third-order valence-corrected chi connectivity index (χ3v) is 4.24. The zero-order chi connectivity index (χ0) is 21.8. The standard InChI is InChI=1S/C21H16F3N5O2/c22-21(23,24)19-10-14(11-20(30)26-19)25-12-15-13-29(28-27-15)16-6-8-18(9-7-16)31-17-4-2-1-3-5-17/h1-11,13H,12H2,(H2,25,26,30). The van der Waals surface area contributed by atoms with Crippen LogP contribution in [0.3, 0.4) is 0 Å². The number of benzene rings is 2. The summed E-state index contributed by atoms with van der Waals surface area (Å²) in [6.07, 6.45) is -3.01. The Balaban J connectivity index is 1.42. The molecule has 4 rings (SSSR count). The van der Waals surface area contributed by atoms with Gasteiger partial charge in [-0.15, -0.1) is 5.10 Å². The summed E-state index contributed by atoms with van der Waals surface area (Å²) in [5.74, 6) is 1.38. The molecule has 0 unspecified atom stereocenters. The summed E-state index contributed by atoms with van der Waals surface area (Å²) in [4.78, 5) is 13.2. The maximum Gasteiger partial charge on any atom is 0.431 e. The molecule has 0 fully saturated rings. The van der Waals surface area contributed by atoms with Crippen LogP contribution in [0.2, 0.25) is 0 Å². The van der Waals surface area contributed by atoms with Gasteiger partial charge >= 0.3 is 6.18 Å². The summed E-state index contributed by atoms with van der Waals surface area (Å²) >= 11 is 0. The summed E-state index contributed by atoms with van der Waals surface area (Å²) in [7, 11) is 0. The van der Waals surface area contributed by atoms with Gasteiger partial charge in [-0.25, -0.2) is 4.68 Å². The van der Waals surface area contributed by atoms with Gasteiger partial charge in [0.25, 0.3) is 0 Å². The van der Waals surface area contributed by atoms with E-state index in [4.69, 9.17) is 4.74 Å². The number of hydrogen-bond donors (Lipinski definition) is 2. The SMILES string of the molecule is O=c1cc(NCc2cn(-c3ccc(Oc4ccccc4)cc3)nn2)cc(C(F)(F)F)[nH]1. The lowest BCUT2D eigenvalue weighted by atomic mass is 10.3. The zero-order valence-electron chi connectivity index (χ0n) is 15.9. The lowest BCUT2D eigenvalue weighted by molar-refractivity contribution is -0.141. The van der Waals surface area contributed by atoms with Gasteiger partial charge in [0.15, 0.2) is 0 Å². The smallest absolute Gasteiger partial charge is 0.431 e. The van der Waals surface area contributed by atoms with Crippen LogP contribution >= 0.6 is 0 Å². The van der Waals surface area contributed by atoms with Crippen molar-refractivity contribution < 1.29 is 17.9 Å². The normalized spacial score (nSPS) is 11.3. The second kappa shape index (κ2) is 8.34. The molecule has 0 amide bonds. The van der Waals surface area contributed by atoms with E-state index in [9.17, 15) is 18.0 Å². The summed E-state index contributed by atoms with van der Waals surface area (Å²) in [6, 6.07) is 18.4. The monoisotopic (exact) mass is 427 g/mol. The number of rotatable bonds is 6. The lowest BCUT2D eigenvalue weighted by Crippen LogP contribution is -2.17. The highest BCUT2D eigenvalue weighted by atomic mass is 19.4. The van der Waals surface area contributed by atoms with Gasteiger partial charge in [0.05, 0.1) is 18.4 Å². The molecule has 0 spiro atoms. The van der Waals surface area contributed by atoms with Gasteiger partial charge in [0.2, 0.25) is 5.56 Å². The Hall–Kier alpha value is -4.08. The summed E-state index contributed by atoms with van der Waals surface area (Å²) < 4.78 is 45.7. The maximum absolute atomic E-state index is 12.8. The molecule has 4 aromatic rings. The first-order valence-corrected chi connectivity index (χ1v) is 9.17. The first kappa shape index (κ1) is 20.2. The molecule has 0 saturated carbocycles. The molecule has 0 radical (unpaired) electrons. The van der Waals surface area contributed by atoms with Gasteiger partial charge in [0, 0.05) is 11.8 Å². The van der Waals surface area contributed by atoms with E-state index in [1.54, 1.807) is 35.4 Å². The van der Waals surface area contributed by atoms with Gasteiger partial charge in [-0.3, -0.25) is 4.79 Å². The molecular formula is C21H16F3N5O2. The molecule has 2 aromatic carbocycles. The molecule has 158 valence electrons. The summed E-state index contributed by atoms with van der Waals surface area (Å²) in [5, 5.41) is 10.8. The number of alkyl halides is 3. The van der Waals surface area contributed by atoms with Crippen LogP contribution in [0.5, 0.6) is 11.5 Å². The molecule has 0 aliphatic carbocycles. The minimum Gasteiger partial charge on any atom is -0.457 e. The largest absolute Gasteiger partial charge is 0.457 e. The number of hydrogen-bond acceptors (Lipinski definition) is 5. The van der Waals surface area contributed by atoms with E-state index >= 15 is 0 Å². The van der Waals surface area contributed by atoms with E-state index in [2.05, 4.69) is 15.6 Å². The Kier molecular flexibility index (Phi) is 5.44. The molecule has 0 saturated heterocycles. The Morgan fingerprint density at radius 1 is 1.00 bits per heavy atom. The first-order valence-electron chi connectivity index (χ1n) is 9.17. The van der Waals surface area contributed by atoms with Crippen molar-refractivity contribution in [2.45, 2.75) is 12.7 Å². The number of nitrogens with zero attached hydrogens (tertiary/aromatic N) is 3. The minimum absolute atomic E-state index is 0.0352. The molecule has 0 atom stereocenters. The van der Waals surface area contributed by atoms with E-state index in [1.165, 1.54) is 4.68 Å². The predicted octanol–water partition coefficient (Wildman–Crippen LogP) is 4.38. The van der Waals surface area contributed by atoms with Crippen LogP contribution in [0, 0.1) is 0 Å². The molecule has 7 nitrogen and oxygen atoms in total. The molecular weight excluding hydrogens is 411 g/mol. The highest BCUT2D eigenvalue weighted by Crippen LogP contribution is 2.28. The van der Waals surface area contributed by atoms with Crippen molar-refractivity contribution in [3.05, 3.63) is 94.7 Å². The number of para-hydroxylation sites is 1. The number of H-pyrrole nitrogens is 1. The van der Waals surface area contributed by atoms with E-state index in [0.717, 1.165) is 23.6 Å². The molecule has 0 aliphatic rings. The molecule has 10 heteroatoms. The van der Waals surface area contributed by atoms with Crippen molar-refractivity contribution in [3.8, 4) is 17.2 Å².